The number of carboxylic acids is 2. The number of non-ortho nitro benzene ring substituents is 2. The summed E-state index contributed by atoms with van der Waals surface area (Å²) in [7, 11) is -1.21. The molecule has 6 aromatic rings. The van der Waals surface area contributed by atoms with E-state index in [2.05, 4.69) is 28.1 Å². The van der Waals surface area contributed by atoms with Gasteiger partial charge in [0.25, 0.3) is 11.4 Å². The van der Waals surface area contributed by atoms with Gasteiger partial charge < -0.3 is 43.8 Å². The van der Waals surface area contributed by atoms with Crippen molar-refractivity contribution in [2.24, 2.45) is 0 Å². The Morgan fingerprint density at radius 3 is 1.59 bits per heavy atom. The summed E-state index contributed by atoms with van der Waals surface area (Å²) in [4.78, 5) is 62.7. The molecular formula is C56H58BBrN2NaO19PS. The van der Waals surface area contributed by atoms with Crippen LogP contribution >= 0.6 is 23.9 Å². The van der Waals surface area contributed by atoms with Gasteiger partial charge in [-0.3, -0.25) is 29.8 Å². The molecule has 21 nitrogen and oxygen atoms in total. The molecule has 0 bridgehead atoms. The molecule has 26 heteroatoms. The van der Waals surface area contributed by atoms with Crippen LogP contribution in [0.1, 0.15) is 106 Å². The van der Waals surface area contributed by atoms with E-state index in [1.54, 1.807) is 37.4 Å². The molecule has 0 aromatic heterocycles. The zero-order valence-corrected chi connectivity index (χ0v) is 50.7. The van der Waals surface area contributed by atoms with E-state index in [1.807, 2.05) is 18.2 Å². The van der Waals surface area contributed by atoms with E-state index in [0.717, 1.165) is 40.6 Å². The number of benzene rings is 6. The zero-order chi connectivity index (χ0) is 59.6. The van der Waals surface area contributed by atoms with Crippen molar-refractivity contribution in [3.63, 3.8) is 0 Å². The molecule has 82 heavy (non-hydrogen) atoms. The molecule has 0 unspecified atom stereocenters. The van der Waals surface area contributed by atoms with Crippen LogP contribution in [-0.4, -0.2) is 114 Å². The number of ether oxygens (including phenoxy) is 4. The molecule has 0 radical (unpaired) electrons. The number of rotatable bonds is 17. The SMILES string of the molecule is COc1c(Br)cccc1C=O.COc1c(C=O)cccc1-c1cc(C(=O)O)cc([N+](=O)[O-])c1.COc1ccc(S(=O)(=O)[O-])c(OC)c1-c1ccccc1P(C1CCCCC1)C1CCCCC1.O=C(O)c1cc(B(O)O)cc([N+](=O)[O-])c1.[Na+]. The summed E-state index contributed by atoms with van der Waals surface area (Å²) in [6, 6.07) is 27.4. The maximum atomic E-state index is 12.0. The summed E-state index contributed by atoms with van der Waals surface area (Å²) in [5, 5.41) is 57.9. The molecule has 0 atom stereocenters. The van der Waals surface area contributed by atoms with Gasteiger partial charge in [-0.25, -0.2) is 18.0 Å². The quantitative estimate of drug-likeness (QED) is 0.0177. The monoisotopic (exact) mass is 1240 g/mol. The van der Waals surface area contributed by atoms with Gasteiger partial charge in [0.05, 0.1) is 75.5 Å². The van der Waals surface area contributed by atoms with E-state index in [-0.39, 0.29) is 79.4 Å². The molecule has 6 aromatic carbocycles. The van der Waals surface area contributed by atoms with E-state index in [0.29, 0.717) is 45.8 Å². The van der Waals surface area contributed by atoms with Crippen molar-refractivity contribution in [1.29, 1.82) is 0 Å². The van der Waals surface area contributed by atoms with Crippen molar-refractivity contribution < 1.29 is 111 Å². The first-order valence-corrected chi connectivity index (χ1v) is 28.7. The third kappa shape index (κ3) is 17.7. The number of carbonyl (C=O) groups excluding carboxylic acids is 2. The number of nitrogens with zero attached hydrogens (tertiary/aromatic N) is 2. The van der Waals surface area contributed by atoms with Gasteiger partial charge >= 0.3 is 48.6 Å². The molecule has 0 spiro atoms. The second-order valence-corrected chi connectivity index (χ2v) is 23.2. The largest absolute Gasteiger partial charge is 1.00 e. The summed E-state index contributed by atoms with van der Waals surface area (Å²) >= 11 is 3.26. The maximum Gasteiger partial charge on any atom is 1.00 e. The van der Waals surface area contributed by atoms with Crippen molar-refractivity contribution in [2.45, 2.75) is 80.4 Å². The summed E-state index contributed by atoms with van der Waals surface area (Å²) in [6.45, 7) is 0. The number of para-hydroxylation sites is 2. The van der Waals surface area contributed by atoms with Gasteiger partial charge in [-0.1, -0.05) is 88.9 Å². The number of carbonyl (C=O) groups is 4. The van der Waals surface area contributed by atoms with E-state index < -0.39 is 52.6 Å². The molecule has 0 aliphatic heterocycles. The summed E-state index contributed by atoms with van der Waals surface area (Å²) in [5.74, 6) is -1.24. The minimum atomic E-state index is -4.70. The molecule has 428 valence electrons. The Hall–Kier alpha value is -6.60. The van der Waals surface area contributed by atoms with Crippen molar-refractivity contribution in [2.75, 3.05) is 28.4 Å². The van der Waals surface area contributed by atoms with Gasteiger partial charge in [0.15, 0.2) is 12.6 Å². The number of nitro benzene ring substituents is 2. The normalized spacial score (nSPS) is 13.1. The number of methoxy groups -OCH3 is 4. The average molecular weight is 1240 g/mol. The van der Waals surface area contributed by atoms with Gasteiger partial charge in [-0.15, -0.1) is 0 Å². The van der Waals surface area contributed by atoms with Crippen molar-refractivity contribution >= 4 is 87.7 Å². The summed E-state index contributed by atoms with van der Waals surface area (Å²) in [6.07, 6.45) is 14.2. The van der Waals surface area contributed by atoms with Crippen molar-refractivity contribution in [3.8, 4) is 45.3 Å². The minimum absolute atomic E-state index is 0. The predicted octanol–water partition coefficient (Wildman–Crippen LogP) is 7.08. The van der Waals surface area contributed by atoms with Crippen LogP contribution in [0, 0.1) is 20.2 Å². The molecule has 2 fully saturated rings. The minimum Gasteiger partial charge on any atom is -0.744 e. The Kier molecular flexibility index (Phi) is 26.8. The maximum absolute atomic E-state index is 12.0. The number of aldehydes is 2. The smallest absolute Gasteiger partial charge is 0.744 e. The van der Waals surface area contributed by atoms with Crippen LogP contribution in [0.5, 0.6) is 23.0 Å². The van der Waals surface area contributed by atoms with E-state index in [9.17, 15) is 52.4 Å². The number of carboxylic acid groups (broad SMARTS) is 2. The molecule has 8 rings (SSSR count). The van der Waals surface area contributed by atoms with Gasteiger partial charge in [-0.2, -0.15) is 0 Å². The molecular weight excluding hydrogens is 1180 g/mol. The Bertz CT molecular complexity index is 3280. The number of aromatic carboxylic acids is 2. The first-order chi connectivity index (χ1) is 38.6. The molecule has 0 saturated heterocycles. The number of nitro groups is 2. The van der Waals surface area contributed by atoms with E-state index in [1.165, 1.54) is 115 Å². The molecule has 2 aliphatic carbocycles. The Morgan fingerprint density at radius 2 is 1.12 bits per heavy atom. The molecule has 2 saturated carbocycles. The molecule has 0 amide bonds. The third-order valence-corrected chi connectivity index (χ3v) is 18.3. The predicted molar refractivity (Wildman–Crippen MR) is 307 cm³/mol. The fourth-order valence-corrected chi connectivity index (χ4v) is 14.8. The van der Waals surface area contributed by atoms with Crippen LogP contribution < -0.4 is 59.3 Å². The number of hydrogen-bond acceptors (Lipinski definition) is 17. The fraction of sp³-hybridized carbons (Fsp3) is 0.286. The number of halogens is 1. The van der Waals surface area contributed by atoms with Crippen LogP contribution in [0.15, 0.2) is 119 Å². The Labute approximate surface area is 505 Å². The Balaban J connectivity index is 0.000000254. The van der Waals surface area contributed by atoms with E-state index in [4.69, 9.17) is 39.2 Å². The zero-order valence-electron chi connectivity index (χ0n) is 45.4. The van der Waals surface area contributed by atoms with Crippen LogP contribution in [-0.2, 0) is 10.1 Å². The first kappa shape index (κ1) is 67.9. The van der Waals surface area contributed by atoms with Crippen LogP contribution in [0.2, 0.25) is 0 Å². The van der Waals surface area contributed by atoms with Crippen molar-refractivity contribution in [3.05, 3.63) is 156 Å². The average Bonchev–Trinajstić information content (AvgIpc) is 3.64. The second-order valence-electron chi connectivity index (χ2n) is 18.2. The Morgan fingerprint density at radius 1 is 0.634 bits per heavy atom. The third-order valence-electron chi connectivity index (χ3n) is 13.3. The molecule has 4 N–H and O–H groups in total. The van der Waals surface area contributed by atoms with Gasteiger partial charge in [0, 0.05) is 29.8 Å². The first-order valence-electron chi connectivity index (χ1n) is 25.0. The topological polar surface area (TPSA) is 330 Å². The summed E-state index contributed by atoms with van der Waals surface area (Å²) < 4.78 is 58.3. The van der Waals surface area contributed by atoms with Gasteiger partial charge in [0.1, 0.15) is 33.1 Å². The van der Waals surface area contributed by atoms with Crippen LogP contribution in [0.4, 0.5) is 11.4 Å². The standard InChI is InChI=1S/C26H35O5PS.C15H11NO6.C8H7BrO2.C7H6BNO6.Na/c1-30-22-17-18-24(33(27,28)29)26(31-2)25(22)21-15-9-10-16-23(21)32(19-11-5-3-6-12-19)20-13-7-4-8-14-20;1-22-14-9(8-17)3-2-4-13(14)10-5-11(15(18)19)7-12(6-10)16(20)21;1-11-8-6(5-10)3-2-4-7(8)9;10-7(11)4-1-5(8(12)13)3-6(2-4)9(14)15;/h9-10,15-20H,3-8,11-14H2,1-2H3,(H,27,28,29);2-8H,1H3,(H,18,19);2-5H,1H3;1-3,12-13H,(H,10,11);/q;;;;+1/p-1. The van der Waals surface area contributed by atoms with Crippen LogP contribution in [0.3, 0.4) is 0 Å². The van der Waals surface area contributed by atoms with Crippen LogP contribution in [0.25, 0.3) is 22.3 Å². The van der Waals surface area contributed by atoms with Gasteiger partial charge in [-0.05, 0) is 117 Å². The molecule has 0 heterocycles. The van der Waals surface area contributed by atoms with Gasteiger partial charge in [0.2, 0.25) is 0 Å². The fourth-order valence-electron chi connectivity index (χ4n) is 9.63. The van der Waals surface area contributed by atoms with E-state index >= 15 is 0 Å². The summed E-state index contributed by atoms with van der Waals surface area (Å²) in [5.41, 5.74) is 2.72. The molecule has 2 aliphatic rings. The number of hydrogen-bond donors (Lipinski definition) is 4. The second kappa shape index (κ2) is 32.3. The van der Waals surface area contributed by atoms with Crippen molar-refractivity contribution in [1.82, 2.24) is 0 Å².